The van der Waals surface area contributed by atoms with Crippen molar-refractivity contribution in [1.29, 1.82) is 0 Å². The average molecular weight is 363 g/mol. The zero-order valence-electron chi connectivity index (χ0n) is 15.9. The number of unbranched alkanes of at least 4 members (excludes halogenated alkanes) is 1. The predicted molar refractivity (Wildman–Crippen MR) is 106 cm³/mol. The molecule has 5 heteroatoms. The molecule has 0 aliphatic heterocycles. The second-order valence-corrected chi connectivity index (χ2v) is 6.44. The van der Waals surface area contributed by atoms with E-state index in [1.807, 2.05) is 37.3 Å². The molecule has 0 bridgehead atoms. The van der Waals surface area contributed by atoms with Crippen molar-refractivity contribution in [3.05, 3.63) is 71.3 Å². The number of aryl methyl sites for hydroxylation is 1. The number of carbonyl (C=O) groups excluding carboxylic acids is 1. The Labute approximate surface area is 159 Å². The summed E-state index contributed by atoms with van der Waals surface area (Å²) in [6.45, 7) is 4.34. The van der Waals surface area contributed by atoms with Crippen LogP contribution in [0.2, 0.25) is 0 Å². The molecule has 0 amide bonds. The highest BCUT2D eigenvalue weighted by Crippen LogP contribution is 2.25. The minimum Gasteiger partial charge on any atom is -0.462 e. The third-order valence-corrected chi connectivity index (χ3v) is 4.39. The van der Waals surface area contributed by atoms with Crippen molar-refractivity contribution in [3.63, 3.8) is 0 Å². The van der Waals surface area contributed by atoms with E-state index in [0.717, 1.165) is 47.6 Å². The number of aromatic nitrogens is 3. The summed E-state index contributed by atoms with van der Waals surface area (Å²) >= 11 is 0. The Kier molecular flexibility index (Phi) is 6.36. The van der Waals surface area contributed by atoms with Crippen LogP contribution in [0, 0.1) is 0 Å². The van der Waals surface area contributed by atoms with Gasteiger partial charge in [-0.15, -0.1) is 0 Å². The minimum atomic E-state index is -0.293. The molecule has 0 fully saturated rings. The molecule has 0 spiro atoms. The van der Waals surface area contributed by atoms with Gasteiger partial charge in [-0.05, 0) is 36.1 Å². The monoisotopic (exact) mass is 363 g/mol. The van der Waals surface area contributed by atoms with Gasteiger partial charge in [0, 0.05) is 12.8 Å². The number of nitrogens with zero attached hydrogens (tertiary/aromatic N) is 2. The van der Waals surface area contributed by atoms with Gasteiger partial charge in [-0.1, -0.05) is 55.8 Å². The van der Waals surface area contributed by atoms with Crippen molar-refractivity contribution in [1.82, 2.24) is 15.2 Å². The number of nitrogens with one attached hydrogen (secondary N) is 1. The number of rotatable bonds is 8. The summed E-state index contributed by atoms with van der Waals surface area (Å²) in [5.74, 6) is 1.46. The van der Waals surface area contributed by atoms with Crippen LogP contribution in [-0.2, 0) is 17.6 Å². The number of esters is 1. The van der Waals surface area contributed by atoms with E-state index in [1.54, 1.807) is 6.07 Å². The molecule has 0 radical (unpaired) electrons. The van der Waals surface area contributed by atoms with Gasteiger partial charge in [-0.25, -0.2) is 9.78 Å². The quantitative estimate of drug-likeness (QED) is 0.595. The number of hydrogen-bond acceptors (Lipinski definition) is 4. The first kappa shape index (κ1) is 18.8. The fourth-order valence-electron chi connectivity index (χ4n) is 2.98. The zero-order chi connectivity index (χ0) is 19.1. The molecule has 0 saturated carbocycles. The van der Waals surface area contributed by atoms with E-state index in [9.17, 15) is 4.79 Å². The number of carbonyl (C=O) groups is 1. The van der Waals surface area contributed by atoms with E-state index in [0.29, 0.717) is 18.6 Å². The van der Waals surface area contributed by atoms with Gasteiger partial charge in [0.1, 0.15) is 5.82 Å². The highest BCUT2D eigenvalue weighted by molar-refractivity contribution is 5.97. The van der Waals surface area contributed by atoms with Crippen molar-refractivity contribution < 1.29 is 9.53 Å². The number of aromatic amines is 1. The lowest BCUT2D eigenvalue weighted by molar-refractivity contribution is 0.0527. The Morgan fingerprint density at radius 1 is 1.07 bits per heavy atom. The van der Waals surface area contributed by atoms with Crippen LogP contribution in [0.3, 0.4) is 0 Å². The van der Waals surface area contributed by atoms with Crippen LogP contribution in [0.1, 0.15) is 54.3 Å². The zero-order valence-corrected chi connectivity index (χ0v) is 15.9. The molecule has 27 heavy (non-hydrogen) atoms. The van der Waals surface area contributed by atoms with Crippen molar-refractivity contribution >= 4 is 5.97 Å². The fraction of sp³-hybridized carbons (Fsp3) is 0.318. The molecular formula is C22H25N3O2. The van der Waals surface area contributed by atoms with Crippen molar-refractivity contribution in [2.24, 2.45) is 0 Å². The topological polar surface area (TPSA) is 67.9 Å². The van der Waals surface area contributed by atoms with Crippen molar-refractivity contribution in [2.75, 3.05) is 6.61 Å². The molecule has 5 nitrogen and oxygen atoms in total. The summed E-state index contributed by atoms with van der Waals surface area (Å²) in [5.41, 5.74) is 3.60. The van der Waals surface area contributed by atoms with Gasteiger partial charge in [0.25, 0.3) is 0 Å². The van der Waals surface area contributed by atoms with Crippen LogP contribution in [0.15, 0.2) is 48.5 Å². The van der Waals surface area contributed by atoms with Crippen LogP contribution in [0.5, 0.6) is 0 Å². The number of hydrogen-bond donors (Lipinski definition) is 1. The summed E-state index contributed by atoms with van der Waals surface area (Å²) in [4.78, 5) is 16.7. The second kappa shape index (κ2) is 9.12. The Hall–Kier alpha value is -2.95. The summed E-state index contributed by atoms with van der Waals surface area (Å²) in [7, 11) is 0. The summed E-state index contributed by atoms with van der Waals surface area (Å²) < 4.78 is 5.16. The first-order valence-electron chi connectivity index (χ1n) is 9.46. The molecular weight excluding hydrogens is 338 g/mol. The number of ether oxygens (including phenoxy) is 1. The first-order valence-corrected chi connectivity index (χ1v) is 9.46. The molecule has 0 atom stereocenters. The van der Waals surface area contributed by atoms with Crippen molar-refractivity contribution in [3.8, 4) is 11.1 Å². The molecule has 0 unspecified atom stereocenters. The number of H-pyrrole nitrogens is 1. The van der Waals surface area contributed by atoms with Gasteiger partial charge < -0.3 is 4.74 Å². The maximum atomic E-state index is 12.2. The molecule has 140 valence electrons. The maximum Gasteiger partial charge on any atom is 0.338 e. The van der Waals surface area contributed by atoms with Gasteiger partial charge in [0.05, 0.1) is 12.2 Å². The normalized spacial score (nSPS) is 10.7. The molecule has 1 heterocycles. The molecule has 0 aliphatic carbocycles. The summed E-state index contributed by atoms with van der Waals surface area (Å²) in [6.07, 6.45) is 3.86. The van der Waals surface area contributed by atoms with E-state index in [2.05, 4.69) is 34.2 Å². The third kappa shape index (κ3) is 4.82. The molecule has 0 saturated heterocycles. The van der Waals surface area contributed by atoms with Crippen LogP contribution in [0.4, 0.5) is 0 Å². The number of benzene rings is 2. The Balaban J connectivity index is 1.74. The van der Waals surface area contributed by atoms with Crippen LogP contribution in [0.25, 0.3) is 11.1 Å². The Morgan fingerprint density at radius 3 is 2.59 bits per heavy atom. The standard InChI is InChI=1S/C22H25N3O2/c1-3-5-10-20-23-21(25-24-20)15-16-11-13-17(14-12-16)18-8-6-7-9-19(18)22(26)27-4-2/h6-9,11-14H,3-5,10,15H2,1-2H3,(H,23,24,25). The Bertz CT molecular complexity index is 885. The lowest BCUT2D eigenvalue weighted by Crippen LogP contribution is -2.06. The van der Waals surface area contributed by atoms with Crippen LogP contribution >= 0.6 is 0 Å². The SMILES string of the molecule is CCCCc1n[nH]c(Cc2ccc(-c3ccccc3C(=O)OCC)cc2)n1. The molecule has 1 aromatic heterocycles. The second-order valence-electron chi connectivity index (χ2n) is 6.44. The highest BCUT2D eigenvalue weighted by Gasteiger charge is 2.13. The molecule has 3 aromatic rings. The smallest absolute Gasteiger partial charge is 0.338 e. The Morgan fingerprint density at radius 2 is 1.85 bits per heavy atom. The van der Waals surface area contributed by atoms with Crippen molar-refractivity contribution in [2.45, 2.75) is 39.5 Å². The third-order valence-electron chi connectivity index (χ3n) is 4.39. The molecule has 1 N–H and O–H groups in total. The van der Waals surface area contributed by atoms with E-state index < -0.39 is 0 Å². The van der Waals surface area contributed by atoms with Gasteiger partial charge in [0.2, 0.25) is 0 Å². The maximum absolute atomic E-state index is 12.2. The van der Waals surface area contributed by atoms with Gasteiger partial charge in [-0.2, -0.15) is 5.10 Å². The lowest BCUT2D eigenvalue weighted by atomic mass is 9.98. The molecule has 2 aromatic carbocycles. The van der Waals surface area contributed by atoms with Gasteiger partial charge in [0.15, 0.2) is 5.82 Å². The van der Waals surface area contributed by atoms with E-state index in [-0.39, 0.29) is 5.97 Å². The fourth-order valence-corrected chi connectivity index (χ4v) is 2.98. The lowest BCUT2D eigenvalue weighted by Gasteiger charge is -2.09. The average Bonchev–Trinajstić information content (AvgIpc) is 3.14. The molecule has 0 aliphatic rings. The largest absolute Gasteiger partial charge is 0.462 e. The highest BCUT2D eigenvalue weighted by atomic mass is 16.5. The summed E-state index contributed by atoms with van der Waals surface area (Å²) in [6, 6.07) is 15.7. The van der Waals surface area contributed by atoms with E-state index in [1.165, 1.54) is 0 Å². The van der Waals surface area contributed by atoms with Gasteiger partial charge >= 0.3 is 5.97 Å². The van der Waals surface area contributed by atoms with Crippen LogP contribution < -0.4 is 0 Å². The van der Waals surface area contributed by atoms with Gasteiger partial charge in [-0.3, -0.25) is 5.10 Å². The predicted octanol–water partition coefficient (Wildman–Crippen LogP) is 4.58. The molecule has 3 rings (SSSR count). The first-order chi connectivity index (χ1) is 13.2. The van der Waals surface area contributed by atoms with E-state index >= 15 is 0 Å². The summed E-state index contributed by atoms with van der Waals surface area (Å²) in [5, 5.41) is 7.30. The van der Waals surface area contributed by atoms with Crippen LogP contribution in [-0.4, -0.2) is 27.8 Å². The van der Waals surface area contributed by atoms with E-state index in [4.69, 9.17) is 4.74 Å². The minimum absolute atomic E-state index is 0.293.